The van der Waals surface area contributed by atoms with Crippen LogP contribution in [0.4, 0.5) is 0 Å². The van der Waals surface area contributed by atoms with Crippen LogP contribution in [-0.4, -0.2) is 29.9 Å². The van der Waals surface area contributed by atoms with Gasteiger partial charge in [0.25, 0.3) is 0 Å². The summed E-state index contributed by atoms with van der Waals surface area (Å²) in [4.78, 5) is 3.19. The molecule has 0 saturated carbocycles. The van der Waals surface area contributed by atoms with Gasteiger partial charge in [-0.15, -0.1) is 0 Å². The molecule has 1 heterocycles. The fraction of sp³-hybridized carbons (Fsp3) is 0.500. The van der Waals surface area contributed by atoms with Crippen LogP contribution >= 0.6 is 12.2 Å². The first-order valence-electron chi connectivity index (χ1n) is 6.46. The van der Waals surface area contributed by atoms with Crippen LogP contribution in [0.1, 0.15) is 13.8 Å². The monoisotopic (exact) mass is 280 g/mol. The standard InChI is InChI=1S/C14H20N2O2S/c1-10(2)9-18-7-6-16-13-5-4-11(17-3)8-12(13)15-14(16)19/h4-5,8,10H,6-7,9H2,1-3H3,(H,15,19). The molecule has 0 aliphatic heterocycles. The number of rotatable bonds is 6. The van der Waals surface area contributed by atoms with E-state index in [-0.39, 0.29) is 0 Å². The van der Waals surface area contributed by atoms with E-state index in [1.165, 1.54) is 0 Å². The van der Waals surface area contributed by atoms with Crippen molar-refractivity contribution in [1.29, 1.82) is 0 Å². The van der Waals surface area contributed by atoms with Crippen LogP contribution in [0.3, 0.4) is 0 Å². The average molecular weight is 280 g/mol. The molecule has 2 aromatic rings. The predicted molar refractivity (Wildman–Crippen MR) is 79.3 cm³/mol. The maximum Gasteiger partial charge on any atom is 0.178 e. The van der Waals surface area contributed by atoms with Crippen LogP contribution in [-0.2, 0) is 11.3 Å². The summed E-state index contributed by atoms with van der Waals surface area (Å²) in [7, 11) is 1.66. The number of H-pyrrole nitrogens is 1. The smallest absolute Gasteiger partial charge is 0.178 e. The van der Waals surface area contributed by atoms with E-state index in [1.807, 2.05) is 18.2 Å². The summed E-state index contributed by atoms with van der Waals surface area (Å²) in [6.45, 7) is 6.50. The molecule has 0 spiro atoms. The van der Waals surface area contributed by atoms with Gasteiger partial charge in [0.15, 0.2) is 4.77 Å². The lowest BCUT2D eigenvalue weighted by Gasteiger charge is -2.08. The maximum atomic E-state index is 5.61. The fourth-order valence-electron chi connectivity index (χ4n) is 1.97. The van der Waals surface area contributed by atoms with E-state index >= 15 is 0 Å². The molecule has 2 rings (SSSR count). The van der Waals surface area contributed by atoms with E-state index in [0.29, 0.717) is 12.5 Å². The molecule has 104 valence electrons. The summed E-state index contributed by atoms with van der Waals surface area (Å²) >= 11 is 5.34. The molecule has 0 amide bonds. The van der Waals surface area contributed by atoms with Crippen molar-refractivity contribution < 1.29 is 9.47 Å². The lowest BCUT2D eigenvalue weighted by atomic mass is 10.2. The van der Waals surface area contributed by atoms with Crippen molar-refractivity contribution in [2.24, 2.45) is 5.92 Å². The number of methoxy groups -OCH3 is 1. The van der Waals surface area contributed by atoms with E-state index < -0.39 is 0 Å². The van der Waals surface area contributed by atoms with Gasteiger partial charge in [0.2, 0.25) is 0 Å². The Morgan fingerprint density at radius 2 is 2.16 bits per heavy atom. The van der Waals surface area contributed by atoms with Gasteiger partial charge in [-0.2, -0.15) is 0 Å². The highest BCUT2D eigenvalue weighted by atomic mass is 32.1. The Bertz CT molecular complexity index is 601. The highest BCUT2D eigenvalue weighted by Gasteiger charge is 2.05. The van der Waals surface area contributed by atoms with Crippen LogP contribution < -0.4 is 4.74 Å². The van der Waals surface area contributed by atoms with E-state index in [4.69, 9.17) is 21.7 Å². The van der Waals surface area contributed by atoms with Crippen molar-refractivity contribution in [2.75, 3.05) is 20.3 Å². The zero-order valence-corrected chi connectivity index (χ0v) is 12.4. The lowest BCUT2D eigenvalue weighted by Crippen LogP contribution is -2.09. The van der Waals surface area contributed by atoms with Crippen LogP contribution in [0.15, 0.2) is 18.2 Å². The van der Waals surface area contributed by atoms with Gasteiger partial charge in [0.05, 0.1) is 24.8 Å². The Balaban J connectivity index is 2.14. The quantitative estimate of drug-likeness (QED) is 0.651. The lowest BCUT2D eigenvalue weighted by molar-refractivity contribution is 0.103. The summed E-state index contributed by atoms with van der Waals surface area (Å²) in [5.41, 5.74) is 2.08. The minimum absolute atomic E-state index is 0.556. The number of fused-ring (bicyclic) bond motifs is 1. The van der Waals surface area contributed by atoms with E-state index in [2.05, 4.69) is 23.4 Å². The summed E-state index contributed by atoms with van der Waals surface area (Å²) in [6, 6.07) is 5.91. The molecule has 19 heavy (non-hydrogen) atoms. The van der Waals surface area contributed by atoms with Crippen molar-refractivity contribution in [1.82, 2.24) is 9.55 Å². The van der Waals surface area contributed by atoms with Gasteiger partial charge in [-0.05, 0) is 30.3 Å². The van der Waals surface area contributed by atoms with Crippen molar-refractivity contribution in [2.45, 2.75) is 20.4 Å². The van der Waals surface area contributed by atoms with Gasteiger partial charge in [-0.25, -0.2) is 0 Å². The molecule has 1 N–H and O–H groups in total. The average Bonchev–Trinajstić information content (AvgIpc) is 2.69. The predicted octanol–water partition coefficient (Wildman–Crippen LogP) is 3.38. The SMILES string of the molecule is COc1ccc2c(c1)[nH]c(=S)n2CCOCC(C)C. The summed E-state index contributed by atoms with van der Waals surface area (Å²) in [6.07, 6.45) is 0. The normalized spacial score (nSPS) is 11.4. The van der Waals surface area contributed by atoms with Crippen LogP contribution in [0.5, 0.6) is 5.75 Å². The first-order chi connectivity index (χ1) is 9.11. The number of aromatic amines is 1. The maximum absolute atomic E-state index is 5.61. The molecule has 0 aliphatic rings. The van der Waals surface area contributed by atoms with Gasteiger partial charge in [0, 0.05) is 19.2 Å². The summed E-state index contributed by atoms with van der Waals surface area (Å²) in [5, 5.41) is 0. The molecule has 0 saturated heterocycles. The molecule has 4 nitrogen and oxygen atoms in total. The zero-order chi connectivity index (χ0) is 13.8. The molecule has 1 aromatic carbocycles. The number of nitrogens with zero attached hydrogens (tertiary/aromatic N) is 1. The van der Waals surface area contributed by atoms with E-state index in [0.717, 1.165) is 34.7 Å². The molecule has 1 aromatic heterocycles. The Hall–Kier alpha value is -1.33. The zero-order valence-electron chi connectivity index (χ0n) is 11.6. The third-order valence-corrected chi connectivity index (χ3v) is 3.21. The minimum atomic E-state index is 0.556. The van der Waals surface area contributed by atoms with Crippen molar-refractivity contribution >= 4 is 23.3 Å². The molecule has 0 aliphatic carbocycles. The van der Waals surface area contributed by atoms with Crippen LogP contribution in [0.2, 0.25) is 0 Å². The highest BCUT2D eigenvalue weighted by Crippen LogP contribution is 2.20. The second kappa shape index (κ2) is 6.21. The number of ether oxygens (including phenoxy) is 2. The third kappa shape index (κ3) is 3.36. The second-order valence-electron chi connectivity index (χ2n) is 4.93. The van der Waals surface area contributed by atoms with Gasteiger partial charge in [-0.1, -0.05) is 13.8 Å². The molecular formula is C14H20N2O2S. The first-order valence-corrected chi connectivity index (χ1v) is 6.87. The summed E-state index contributed by atoms with van der Waals surface area (Å²) < 4.78 is 13.6. The van der Waals surface area contributed by atoms with Crippen LogP contribution in [0.25, 0.3) is 11.0 Å². The molecule has 5 heteroatoms. The molecule has 0 unspecified atom stereocenters. The number of aromatic nitrogens is 2. The van der Waals surface area contributed by atoms with E-state index in [1.54, 1.807) is 7.11 Å². The van der Waals surface area contributed by atoms with Gasteiger partial charge in [-0.3, -0.25) is 0 Å². The second-order valence-corrected chi connectivity index (χ2v) is 5.32. The Morgan fingerprint density at radius 1 is 1.37 bits per heavy atom. The third-order valence-electron chi connectivity index (χ3n) is 2.89. The van der Waals surface area contributed by atoms with Gasteiger partial charge < -0.3 is 19.0 Å². The van der Waals surface area contributed by atoms with Gasteiger partial charge >= 0.3 is 0 Å². The number of benzene rings is 1. The number of imidazole rings is 1. The molecule has 0 bridgehead atoms. The molecule has 0 atom stereocenters. The Labute approximate surface area is 118 Å². The molecule has 0 radical (unpaired) electrons. The largest absolute Gasteiger partial charge is 0.497 e. The van der Waals surface area contributed by atoms with Crippen molar-refractivity contribution in [3.05, 3.63) is 23.0 Å². The number of nitrogens with one attached hydrogen (secondary N) is 1. The minimum Gasteiger partial charge on any atom is -0.497 e. The summed E-state index contributed by atoms with van der Waals surface area (Å²) in [5.74, 6) is 1.38. The first kappa shape index (κ1) is 14.1. The fourth-order valence-corrected chi connectivity index (χ4v) is 2.27. The highest BCUT2D eigenvalue weighted by molar-refractivity contribution is 7.71. The molecular weight excluding hydrogens is 260 g/mol. The van der Waals surface area contributed by atoms with Gasteiger partial charge in [0.1, 0.15) is 5.75 Å². The van der Waals surface area contributed by atoms with Crippen LogP contribution in [0, 0.1) is 10.7 Å². The molecule has 0 fully saturated rings. The van der Waals surface area contributed by atoms with Crippen molar-refractivity contribution in [3.8, 4) is 5.75 Å². The topological polar surface area (TPSA) is 39.2 Å². The Morgan fingerprint density at radius 3 is 2.84 bits per heavy atom. The number of hydrogen-bond donors (Lipinski definition) is 1. The Kier molecular flexibility index (Phi) is 4.61. The van der Waals surface area contributed by atoms with Crippen molar-refractivity contribution in [3.63, 3.8) is 0 Å². The van der Waals surface area contributed by atoms with E-state index in [9.17, 15) is 0 Å². The number of hydrogen-bond acceptors (Lipinski definition) is 3.